The van der Waals surface area contributed by atoms with Crippen LogP contribution in [0.5, 0.6) is 11.5 Å². The summed E-state index contributed by atoms with van der Waals surface area (Å²) < 4.78 is 17.6. The molecule has 0 aliphatic heterocycles. The monoisotopic (exact) mass is 494 g/mol. The molecule has 10 heteroatoms. The summed E-state index contributed by atoms with van der Waals surface area (Å²) >= 11 is 0. The molecule has 3 rings (SSSR count). The second-order valence-electron chi connectivity index (χ2n) is 8.98. The average Bonchev–Trinajstić information content (AvgIpc) is 3.28. The number of urea groups is 1. The van der Waals surface area contributed by atoms with E-state index in [9.17, 15) is 14.4 Å². The zero-order valence-electron chi connectivity index (χ0n) is 21.1. The predicted molar refractivity (Wildman–Crippen MR) is 133 cm³/mol. The second kappa shape index (κ2) is 10.9. The molecule has 1 unspecified atom stereocenters. The smallest absolute Gasteiger partial charge is 0.360 e. The van der Waals surface area contributed by atoms with Crippen LogP contribution in [0.4, 0.5) is 4.79 Å². The molecule has 1 aromatic heterocycles. The quantitative estimate of drug-likeness (QED) is 0.480. The number of imide groups is 1. The van der Waals surface area contributed by atoms with E-state index in [4.69, 9.17) is 14.2 Å². The van der Waals surface area contributed by atoms with Gasteiger partial charge in [-0.1, -0.05) is 24.3 Å². The summed E-state index contributed by atoms with van der Waals surface area (Å²) in [6, 6.07) is 13.7. The number of hydrogen-bond acceptors (Lipinski definition) is 7. The Bertz CT molecular complexity index is 1250. The van der Waals surface area contributed by atoms with Gasteiger partial charge in [-0.3, -0.25) is 10.1 Å². The Labute approximate surface area is 209 Å². The average molecular weight is 495 g/mol. The zero-order valence-corrected chi connectivity index (χ0v) is 21.1. The van der Waals surface area contributed by atoms with Crippen LogP contribution in [0, 0.1) is 0 Å². The third kappa shape index (κ3) is 6.41. The van der Waals surface area contributed by atoms with Crippen molar-refractivity contribution in [3.8, 4) is 28.3 Å². The second-order valence-corrected chi connectivity index (χ2v) is 8.98. The van der Waals surface area contributed by atoms with E-state index in [-0.39, 0.29) is 5.69 Å². The summed E-state index contributed by atoms with van der Waals surface area (Å²) in [5.41, 5.74) is 1.27. The number of carbonyl (C=O) groups is 3. The normalized spacial score (nSPS) is 11.8. The van der Waals surface area contributed by atoms with Crippen molar-refractivity contribution in [2.45, 2.75) is 39.3 Å². The number of amides is 3. The Hall–Kier alpha value is -4.34. The summed E-state index contributed by atoms with van der Waals surface area (Å²) in [5, 5.41) is 9.22. The molecule has 1 heterocycles. The lowest BCUT2D eigenvalue weighted by molar-refractivity contribution is -0.127. The van der Waals surface area contributed by atoms with Gasteiger partial charge in [-0.15, -0.1) is 0 Å². The van der Waals surface area contributed by atoms with E-state index in [1.807, 2.05) is 30.3 Å². The molecule has 0 saturated carbocycles. The largest absolute Gasteiger partial charge is 0.493 e. The summed E-state index contributed by atoms with van der Waals surface area (Å²) in [6.45, 7) is 6.71. The van der Waals surface area contributed by atoms with Gasteiger partial charge in [0.15, 0.2) is 23.3 Å². The molecule has 2 aromatic carbocycles. The molecule has 0 aliphatic rings. The number of aromatic nitrogens is 2. The van der Waals surface area contributed by atoms with E-state index in [1.54, 1.807) is 49.8 Å². The Morgan fingerprint density at radius 2 is 1.64 bits per heavy atom. The van der Waals surface area contributed by atoms with Crippen LogP contribution in [0.3, 0.4) is 0 Å². The number of nitrogens with zero attached hydrogens (tertiary/aromatic N) is 2. The SMILES string of the molecule is COc1ccc(-c2cn(-c3ccccc3)nc2C(=O)OC(C)C(=O)NC(=O)NC(C)(C)C)cc1OC. The number of methoxy groups -OCH3 is 2. The zero-order chi connectivity index (χ0) is 26.5. The van der Waals surface area contributed by atoms with Gasteiger partial charge >= 0.3 is 12.0 Å². The number of para-hydroxylation sites is 1. The Kier molecular flexibility index (Phi) is 7.98. The lowest BCUT2D eigenvalue weighted by Gasteiger charge is -2.21. The molecule has 0 spiro atoms. The van der Waals surface area contributed by atoms with Crippen LogP contribution >= 0.6 is 0 Å². The van der Waals surface area contributed by atoms with Gasteiger partial charge < -0.3 is 19.5 Å². The van der Waals surface area contributed by atoms with Crippen LogP contribution in [0.25, 0.3) is 16.8 Å². The van der Waals surface area contributed by atoms with Crippen molar-refractivity contribution in [2.75, 3.05) is 14.2 Å². The van der Waals surface area contributed by atoms with Gasteiger partial charge in [0.05, 0.1) is 19.9 Å². The van der Waals surface area contributed by atoms with E-state index < -0.39 is 29.6 Å². The molecule has 3 aromatic rings. The fraction of sp³-hybridized carbons (Fsp3) is 0.308. The number of carbonyl (C=O) groups excluding carboxylic acids is 3. The maximum absolute atomic E-state index is 13.2. The molecule has 0 radical (unpaired) electrons. The van der Waals surface area contributed by atoms with Crippen LogP contribution in [0.15, 0.2) is 54.7 Å². The predicted octanol–water partition coefficient (Wildman–Crippen LogP) is 3.73. The van der Waals surface area contributed by atoms with Crippen molar-refractivity contribution >= 4 is 17.9 Å². The van der Waals surface area contributed by atoms with Crippen LogP contribution in [-0.4, -0.2) is 53.6 Å². The highest BCUT2D eigenvalue weighted by Gasteiger charge is 2.27. The molecule has 190 valence electrons. The molecular weight excluding hydrogens is 464 g/mol. The minimum absolute atomic E-state index is 0.00938. The first-order valence-electron chi connectivity index (χ1n) is 11.2. The van der Waals surface area contributed by atoms with Gasteiger partial charge in [-0.2, -0.15) is 5.10 Å². The first kappa shape index (κ1) is 26.3. The van der Waals surface area contributed by atoms with Crippen LogP contribution in [-0.2, 0) is 9.53 Å². The Morgan fingerprint density at radius 3 is 2.25 bits per heavy atom. The molecule has 10 nitrogen and oxygen atoms in total. The topological polar surface area (TPSA) is 121 Å². The van der Waals surface area contributed by atoms with Crippen molar-refractivity contribution in [3.05, 3.63) is 60.4 Å². The van der Waals surface area contributed by atoms with Gasteiger partial charge in [-0.05, 0) is 57.5 Å². The number of rotatable bonds is 7. The van der Waals surface area contributed by atoms with E-state index >= 15 is 0 Å². The summed E-state index contributed by atoms with van der Waals surface area (Å²) in [5.74, 6) is -0.590. The van der Waals surface area contributed by atoms with Crippen molar-refractivity contribution < 1.29 is 28.6 Å². The van der Waals surface area contributed by atoms with E-state index in [0.717, 1.165) is 5.69 Å². The molecule has 0 saturated heterocycles. The van der Waals surface area contributed by atoms with E-state index in [1.165, 1.54) is 21.1 Å². The highest BCUT2D eigenvalue weighted by molar-refractivity contribution is 6.00. The summed E-state index contributed by atoms with van der Waals surface area (Å²) in [4.78, 5) is 37.6. The maximum Gasteiger partial charge on any atom is 0.360 e. The summed E-state index contributed by atoms with van der Waals surface area (Å²) in [6.07, 6.45) is 0.442. The highest BCUT2D eigenvalue weighted by atomic mass is 16.5. The number of ether oxygens (including phenoxy) is 3. The third-order valence-corrected chi connectivity index (χ3v) is 5.00. The molecule has 1 atom stereocenters. The third-order valence-electron chi connectivity index (χ3n) is 5.00. The van der Waals surface area contributed by atoms with E-state index in [0.29, 0.717) is 22.6 Å². The van der Waals surface area contributed by atoms with E-state index in [2.05, 4.69) is 15.7 Å². The van der Waals surface area contributed by atoms with Gasteiger partial charge in [0.1, 0.15) is 0 Å². The highest BCUT2D eigenvalue weighted by Crippen LogP contribution is 2.34. The molecule has 3 amide bonds. The minimum atomic E-state index is -1.25. The van der Waals surface area contributed by atoms with Crippen molar-refractivity contribution in [2.24, 2.45) is 0 Å². The number of nitrogens with one attached hydrogen (secondary N) is 2. The van der Waals surface area contributed by atoms with Crippen LogP contribution in [0.1, 0.15) is 38.2 Å². The standard InChI is InChI=1S/C26H30N4O6/c1-16(23(31)27-25(33)28-26(2,3)4)36-24(32)22-19(15-30(29-22)18-10-8-7-9-11-18)17-12-13-20(34-5)21(14-17)35-6/h7-16H,1-6H3,(H2,27,28,31,33). The first-order valence-corrected chi connectivity index (χ1v) is 11.2. The van der Waals surface area contributed by atoms with Gasteiger partial charge in [0, 0.05) is 17.3 Å². The molecule has 2 N–H and O–H groups in total. The Morgan fingerprint density at radius 1 is 0.972 bits per heavy atom. The van der Waals surface area contributed by atoms with Crippen molar-refractivity contribution in [3.63, 3.8) is 0 Å². The number of benzene rings is 2. The lowest BCUT2D eigenvalue weighted by atomic mass is 10.1. The van der Waals surface area contributed by atoms with Gasteiger partial charge in [-0.25, -0.2) is 14.3 Å². The first-order chi connectivity index (χ1) is 17.0. The molecular formula is C26H30N4O6. The van der Waals surface area contributed by atoms with Crippen LogP contribution < -0.4 is 20.1 Å². The number of esters is 1. The minimum Gasteiger partial charge on any atom is -0.493 e. The lowest BCUT2D eigenvalue weighted by Crippen LogP contribution is -2.50. The van der Waals surface area contributed by atoms with Crippen molar-refractivity contribution in [1.29, 1.82) is 0 Å². The summed E-state index contributed by atoms with van der Waals surface area (Å²) in [7, 11) is 3.04. The fourth-order valence-electron chi connectivity index (χ4n) is 3.31. The Balaban J connectivity index is 1.91. The maximum atomic E-state index is 13.2. The molecule has 36 heavy (non-hydrogen) atoms. The molecule has 0 bridgehead atoms. The van der Waals surface area contributed by atoms with Gasteiger partial charge in [0.25, 0.3) is 5.91 Å². The van der Waals surface area contributed by atoms with Gasteiger partial charge in [0.2, 0.25) is 0 Å². The fourth-order valence-corrected chi connectivity index (χ4v) is 3.31. The molecule has 0 fully saturated rings. The van der Waals surface area contributed by atoms with Crippen molar-refractivity contribution in [1.82, 2.24) is 20.4 Å². The number of hydrogen-bond donors (Lipinski definition) is 2. The van der Waals surface area contributed by atoms with Crippen LogP contribution in [0.2, 0.25) is 0 Å². The molecule has 0 aliphatic carbocycles.